The quantitative estimate of drug-likeness (QED) is 0.614. The van der Waals surface area contributed by atoms with Crippen LogP contribution in [0.5, 0.6) is 11.5 Å². The SMILES string of the molecule is Cc1ccc(NC(=O)C(=O)NC[C@@H](c2ccc3c(c2)OCO3)[NH+]2CCOCC2)c(C)c1. The fraction of sp³-hybridized carbons (Fsp3) is 0.391. The number of carbonyl (C=O) groups excluding carboxylic acids is 2. The van der Waals surface area contributed by atoms with Crippen LogP contribution in [-0.4, -0.2) is 51.5 Å². The molecular weight excluding hydrogens is 398 g/mol. The summed E-state index contributed by atoms with van der Waals surface area (Å²) in [4.78, 5) is 26.3. The largest absolute Gasteiger partial charge is 0.454 e. The lowest BCUT2D eigenvalue weighted by atomic mass is 10.0. The molecule has 2 aliphatic rings. The Bertz CT molecular complexity index is 972. The maximum atomic E-state index is 12.5. The molecule has 0 aromatic heterocycles. The molecule has 8 heteroatoms. The number of carbonyl (C=O) groups is 2. The number of hydrogen-bond donors (Lipinski definition) is 3. The zero-order valence-corrected chi connectivity index (χ0v) is 17.8. The summed E-state index contributed by atoms with van der Waals surface area (Å²) in [5.74, 6) is 0.0946. The van der Waals surface area contributed by atoms with Crippen molar-refractivity contribution < 1.29 is 28.7 Å². The number of benzene rings is 2. The zero-order chi connectivity index (χ0) is 21.8. The fourth-order valence-electron chi connectivity index (χ4n) is 4.02. The number of amides is 2. The molecule has 3 N–H and O–H groups in total. The molecule has 0 bridgehead atoms. The highest BCUT2D eigenvalue weighted by molar-refractivity contribution is 6.39. The number of aryl methyl sites for hydroxylation is 2. The molecular formula is C23H28N3O5+. The van der Waals surface area contributed by atoms with Gasteiger partial charge in [0.1, 0.15) is 19.1 Å². The van der Waals surface area contributed by atoms with E-state index in [1.165, 1.54) is 4.90 Å². The van der Waals surface area contributed by atoms with Crippen molar-refractivity contribution in [2.45, 2.75) is 19.9 Å². The molecule has 31 heavy (non-hydrogen) atoms. The molecule has 164 valence electrons. The Morgan fingerprint density at radius 3 is 2.55 bits per heavy atom. The average molecular weight is 426 g/mol. The number of hydrogen-bond acceptors (Lipinski definition) is 5. The summed E-state index contributed by atoms with van der Waals surface area (Å²) in [6.07, 6.45) is 0. The van der Waals surface area contributed by atoms with E-state index in [4.69, 9.17) is 14.2 Å². The lowest BCUT2D eigenvalue weighted by Crippen LogP contribution is -3.15. The van der Waals surface area contributed by atoms with Gasteiger partial charge in [-0.2, -0.15) is 0 Å². The van der Waals surface area contributed by atoms with Crippen molar-refractivity contribution in [1.82, 2.24) is 5.32 Å². The van der Waals surface area contributed by atoms with Crippen molar-refractivity contribution in [2.75, 3.05) is 45.0 Å². The van der Waals surface area contributed by atoms with Gasteiger partial charge in [0.15, 0.2) is 11.5 Å². The third kappa shape index (κ3) is 4.98. The van der Waals surface area contributed by atoms with Crippen LogP contribution in [0.2, 0.25) is 0 Å². The van der Waals surface area contributed by atoms with Crippen LogP contribution in [-0.2, 0) is 14.3 Å². The lowest BCUT2D eigenvalue weighted by molar-refractivity contribution is -0.937. The highest BCUT2D eigenvalue weighted by Crippen LogP contribution is 2.33. The molecule has 2 amide bonds. The number of nitrogens with one attached hydrogen (secondary N) is 3. The normalized spacial score (nSPS) is 16.6. The number of morpholine rings is 1. The van der Waals surface area contributed by atoms with E-state index in [1.807, 2.05) is 50.2 Å². The first-order valence-electron chi connectivity index (χ1n) is 10.5. The predicted octanol–water partition coefficient (Wildman–Crippen LogP) is 0.743. The van der Waals surface area contributed by atoms with Gasteiger partial charge in [0.2, 0.25) is 6.79 Å². The Hall–Kier alpha value is -3.10. The molecule has 2 heterocycles. The first kappa shape index (κ1) is 21.1. The van der Waals surface area contributed by atoms with Crippen molar-refractivity contribution in [3.05, 3.63) is 53.1 Å². The monoisotopic (exact) mass is 426 g/mol. The van der Waals surface area contributed by atoms with Gasteiger partial charge in [0.05, 0.1) is 19.8 Å². The van der Waals surface area contributed by atoms with E-state index in [1.54, 1.807) is 0 Å². The van der Waals surface area contributed by atoms with Crippen LogP contribution in [0.3, 0.4) is 0 Å². The van der Waals surface area contributed by atoms with Crippen LogP contribution in [0.4, 0.5) is 5.69 Å². The second-order valence-electron chi connectivity index (χ2n) is 7.92. The summed E-state index contributed by atoms with van der Waals surface area (Å²) in [5, 5.41) is 5.51. The van der Waals surface area contributed by atoms with E-state index < -0.39 is 11.8 Å². The highest BCUT2D eigenvalue weighted by atomic mass is 16.7. The number of ether oxygens (including phenoxy) is 3. The van der Waals surface area contributed by atoms with Gasteiger partial charge in [-0.15, -0.1) is 0 Å². The summed E-state index contributed by atoms with van der Waals surface area (Å²) in [6, 6.07) is 11.5. The summed E-state index contributed by atoms with van der Waals surface area (Å²) in [5.41, 5.74) is 3.67. The number of quaternary nitrogens is 1. The Labute approximate surface area is 181 Å². The van der Waals surface area contributed by atoms with Gasteiger partial charge in [-0.25, -0.2) is 0 Å². The Morgan fingerprint density at radius 2 is 1.77 bits per heavy atom. The van der Waals surface area contributed by atoms with Crippen LogP contribution in [0.15, 0.2) is 36.4 Å². The van der Waals surface area contributed by atoms with Crippen LogP contribution in [0.25, 0.3) is 0 Å². The molecule has 2 aromatic carbocycles. The number of rotatable bonds is 5. The van der Waals surface area contributed by atoms with Crippen molar-refractivity contribution >= 4 is 17.5 Å². The molecule has 0 spiro atoms. The molecule has 0 radical (unpaired) electrons. The van der Waals surface area contributed by atoms with Crippen LogP contribution < -0.4 is 25.0 Å². The van der Waals surface area contributed by atoms with Gasteiger partial charge in [-0.1, -0.05) is 17.7 Å². The van der Waals surface area contributed by atoms with E-state index in [9.17, 15) is 9.59 Å². The average Bonchev–Trinajstić information content (AvgIpc) is 3.24. The van der Waals surface area contributed by atoms with E-state index in [-0.39, 0.29) is 12.8 Å². The van der Waals surface area contributed by atoms with E-state index >= 15 is 0 Å². The minimum Gasteiger partial charge on any atom is -0.454 e. The van der Waals surface area contributed by atoms with E-state index in [0.29, 0.717) is 31.2 Å². The Kier molecular flexibility index (Phi) is 6.39. The van der Waals surface area contributed by atoms with Gasteiger partial charge in [-0.05, 0) is 43.7 Å². The van der Waals surface area contributed by atoms with Gasteiger partial charge in [0.25, 0.3) is 0 Å². The van der Waals surface area contributed by atoms with Crippen LogP contribution >= 0.6 is 0 Å². The zero-order valence-electron chi connectivity index (χ0n) is 17.8. The van der Waals surface area contributed by atoms with Crippen molar-refractivity contribution in [1.29, 1.82) is 0 Å². The van der Waals surface area contributed by atoms with Crippen LogP contribution in [0.1, 0.15) is 22.7 Å². The molecule has 1 atom stereocenters. The van der Waals surface area contributed by atoms with Crippen molar-refractivity contribution in [3.8, 4) is 11.5 Å². The second-order valence-corrected chi connectivity index (χ2v) is 7.92. The fourth-order valence-corrected chi connectivity index (χ4v) is 4.02. The molecule has 1 saturated heterocycles. The van der Waals surface area contributed by atoms with Gasteiger partial charge in [0, 0.05) is 11.3 Å². The molecule has 2 aromatic rings. The molecule has 2 aliphatic heterocycles. The number of fused-ring (bicyclic) bond motifs is 1. The summed E-state index contributed by atoms with van der Waals surface area (Å²) in [6.45, 7) is 7.40. The topological polar surface area (TPSA) is 90.3 Å². The maximum Gasteiger partial charge on any atom is 0.313 e. The number of anilines is 1. The molecule has 4 rings (SSSR count). The Balaban J connectivity index is 1.44. The van der Waals surface area contributed by atoms with E-state index in [0.717, 1.165) is 35.5 Å². The van der Waals surface area contributed by atoms with Gasteiger partial charge < -0.3 is 29.7 Å². The smallest absolute Gasteiger partial charge is 0.313 e. The van der Waals surface area contributed by atoms with Gasteiger partial charge >= 0.3 is 11.8 Å². The lowest BCUT2D eigenvalue weighted by Gasteiger charge is -2.32. The molecule has 0 saturated carbocycles. The highest BCUT2D eigenvalue weighted by Gasteiger charge is 2.29. The molecule has 8 nitrogen and oxygen atoms in total. The first-order chi connectivity index (χ1) is 15.0. The molecule has 0 unspecified atom stereocenters. The van der Waals surface area contributed by atoms with Gasteiger partial charge in [-0.3, -0.25) is 9.59 Å². The second kappa shape index (κ2) is 9.36. The molecule has 0 aliphatic carbocycles. The minimum atomic E-state index is -0.673. The third-order valence-electron chi connectivity index (χ3n) is 5.73. The van der Waals surface area contributed by atoms with Crippen molar-refractivity contribution in [3.63, 3.8) is 0 Å². The summed E-state index contributed by atoms with van der Waals surface area (Å²) < 4.78 is 16.4. The van der Waals surface area contributed by atoms with Crippen molar-refractivity contribution in [2.24, 2.45) is 0 Å². The third-order valence-corrected chi connectivity index (χ3v) is 5.73. The maximum absolute atomic E-state index is 12.5. The van der Waals surface area contributed by atoms with E-state index in [2.05, 4.69) is 10.6 Å². The first-order valence-corrected chi connectivity index (χ1v) is 10.5. The summed E-state index contributed by atoms with van der Waals surface area (Å²) >= 11 is 0. The molecule has 1 fully saturated rings. The van der Waals surface area contributed by atoms with Crippen LogP contribution in [0, 0.1) is 13.8 Å². The summed E-state index contributed by atoms with van der Waals surface area (Å²) in [7, 11) is 0. The standard InChI is InChI=1S/C23H27N3O5/c1-15-3-5-18(16(2)11-15)25-23(28)22(27)24-13-19(26-7-9-29-10-8-26)17-4-6-20-21(12-17)31-14-30-20/h3-6,11-12,19H,7-10,13-14H2,1-2H3,(H,24,27)(H,25,28)/p+1/t19-/m0/s1. The predicted molar refractivity (Wildman–Crippen MR) is 114 cm³/mol. The Morgan fingerprint density at radius 1 is 1.00 bits per heavy atom. The minimum absolute atomic E-state index is 0.0312.